The number of carboxylic acids is 1. The van der Waals surface area contributed by atoms with Gasteiger partial charge in [0.2, 0.25) is 5.76 Å². The molecule has 0 aliphatic carbocycles. The lowest BCUT2D eigenvalue weighted by atomic mass is 10.0. The van der Waals surface area contributed by atoms with Gasteiger partial charge in [-0.25, -0.2) is 4.79 Å². The summed E-state index contributed by atoms with van der Waals surface area (Å²) in [7, 11) is 0. The molecule has 0 radical (unpaired) electrons. The SMILES string of the molecule is CCCCCCCCCCCCCCCCCCCNc1ccc(C(=O)O)o1. The highest BCUT2D eigenvalue weighted by atomic mass is 16.4. The van der Waals surface area contributed by atoms with E-state index in [1.54, 1.807) is 6.07 Å². The first kappa shape index (κ1) is 24.6. The van der Waals surface area contributed by atoms with E-state index in [-0.39, 0.29) is 5.76 Å². The zero-order valence-corrected chi connectivity index (χ0v) is 18.1. The highest BCUT2D eigenvalue weighted by Gasteiger charge is 2.07. The van der Waals surface area contributed by atoms with Gasteiger partial charge in [0.1, 0.15) is 0 Å². The van der Waals surface area contributed by atoms with Gasteiger partial charge in [-0.05, 0) is 12.5 Å². The summed E-state index contributed by atoms with van der Waals surface area (Å²) >= 11 is 0. The Balaban J connectivity index is 1.74. The first-order chi connectivity index (χ1) is 13.7. The van der Waals surface area contributed by atoms with Gasteiger partial charge in [0.15, 0.2) is 5.88 Å². The number of aromatic carboxylic acids is 1. The van der Waals surface area contributed by atoms with Gasteiger partial charge in [-0.2, -0.15) is 0 Å². The van der Waals surface area contributed by atoms with Gasteiger partial charge in [0, 0.05) is 12.6 Å². The molecule has 4 heteroatoms. The number of rotatable bonds is 20. The Bertz CT molecular complexity index is 484. The van der Waals surface area contributed by atoms with Gasteiger partial charge in [0.25, 0.3) is 0 Å². The molecule has 1 heterocycles. The second-order valence-electron chi connectivity index (χ2n) is 8.05. The molecule has 4 nitrogen and oxygen atoms in total. The minimum Gasteiger partial charge on any atom is -0.475 e. The van der Waals surface area contributed by atoms with Crippen LogP contribution in [0.3, 0.4) is 0 Å². The van der Waals surface area contributed by atoms with E-state index >= 15 is 0 Å². The van der Waals surface area contributed by atoms with E-state index in [1.807, 2.05) is 0 Å². The van der Waals surface area contributed by atoms with Crippen molar-refractivity contribution in [3.8, 4) is 0 Å². The summed E-state index contributed by atoms with van der Waals surface area (Å²) in [6, 6.07) is 3.16. The molecule has 0 atom stereocenters. The second kappa shape index (κ2) is 17.6. The summed E-state index contributed by atoms with van der Waals surface area (Å²) in [4.78, 5) is 10.7. The molecule has 0 fully saturated rings. The first-order valence-corrected chi connectivity index (χ1v) is 11.8. The van der Waals surface area contributed by atoms with Crippen LogP contribution in [0.2, 0.25) is 0 Å². The van der Waals surface area contributed by atoms with E-state index in [1.165, 1.54) is 109 Å². The Morgan fingerprint density at radius 3 is 1.57 bits per heavy atom. The van der Waals surface area contributed by atoms with E-state index < -0.39 is 5.97 Å². The Kier molecular flexibility index (Phi) is 15.5. The molecule has 0 saturated carbocycles. The van der Waals surface area contributed by atoms with E-state index in [2.05, 4.69) is 12.2 Å². The Labute approximate surface area is 172 Å². The van der Waals surface area contributed by atoms with Crippen LogP contribution in [0.4, 0.5) is 5.88 Å². The van der Waals surface area contributed by atoms with Crippen molar-refractivity contribution in [3.63, 3.8) is 0 Å². The number of hydrogen-bond acceptors (Lipinski definition) is 3. The molecule has 0 saturated heterocycles. The van der Waals surface area contributed by atoms with Gasteiger partial charge < -0.3 is 14.8 Å². The number of unbranched alkanes of at least 4 members (excludes halogenated alkanes) is 16. The maximum Gasteiger partial charge on any atom is 0.371 e. The highest BCUT2D eigenvalue weighted by molar-refractivity contribution is 5.84. The van der Waals surface area contributed by atoms with Crippen molar-refractivity contribution < 1.29 is 14.3 Å². The van der Waals surface area contributed by atoms with E-state index in [9.17, 15) is 4.79 Å². The lowest BCUT2D eigenvalue weighted by Gasteiger charge is -2.04. The van der Waals surface area contributed by atoms with Gasteiger partial charge in [-0.15, -0.1) is 0 Å². The zero-order chi connectivity index (χ0) is 20.3. The number of anilines is 1. The van der Waals surface area contributed by atoms with E-state index in [4.69, 9.17) is 9.52 Å². The zero-order valence-electron chi connectivity index (χ0n) is 18.1. The predicted molar refractivity (Wildman–Crippen MR) is 118 cm³/mol. The van der Waals surface area contributed by atoms with Crippen molar-refractivity contribution in [2.45, 2.75) is 116 Å². The molecule has 28 heavy (non-hydrogen) atoms. The normalized spacial score (nSPS) is 11.0. The van der Waals surface area contributed by atoms with Crippen LogP contribution >= 0.6 is 0 Å². The number of nitrogens with one attached hydrogen (secondary N) is 1. The summed E-state index contributed by atoms with van der Waals surface area (Å²) in [6.45, 7) is 3.12. The monoisotopic (exact) mass is 393 g/mol. The molecule has 0 amide bonds. The van der Waals surface area contributed by atoms with Crippen LogP contribution in [0, 0.1) is 0 Å². The van der Waals surface area contributed by atoms with Gasteiger partial charge in [-0.1, -0.05) is 110 Å². The minimum atomic E-state index is -1.02. The number of furan rings is 1. The fourth-order valence-corrected chi connectivity index (χ4v) is 3.61. The average Bonchev–Trinajstić information content (AvgIpc) is 3.16. The molecule has 1 aromatic heterocycles. The summed E-state index contributed by atoms with van der Waals surface area (Å²) in [6.07, 6.45) is 23.4. The first-order valence-electron chi connectivity index (χ1n) is 11.8. The minimum absolute atomic E-state index is 0.00934. The molecule has 0 bridgehead atoms. The third kappa shape index (κ3) is 13.7. The highest BCUT2D eigenvalue weighted by Crippen LogP contribution is 2.15. The quantitative estimate of drug-likeness (QED) is 0.220. The van der Waals surface area contributed by atoms with Gasteiger partial charge in [0.05, 0.1) is 0 Å². The van der Waals surface area contributed by atoms with Crippen molar-refractivity contribution in [3.05, 3.63) is 17.9 Å². The average molecular weight is 394 g/mol. The summed E-state index contributed by atoms with van der Waals surface area (Å²) in [5.41, 5.74) is 0. The topological polar surface area (TPSA) is 62.5 Å². The summed E-state index contributed by atoms with van der Waals surface area (Å²) in [5.74, 6) is -0.482. The number of carbonyl (C=O) groups is 1. The van der Waals surface area contributed by atoms with Crippen molar-refractivity contribution >= 4 is 11.9 Å². The molecule has 162 valence electrons. The molecule has 0 aliphatic heterocycles. The molecule has 2 N–H and O–H groups in total. The van der Waals surface area contributed by atoms with E-state index in [0.29, 0.717) is 5.88 Å². The van der Waals surface area contributed by atoms with E-state index in [0.717, 1.165) is 13.0 Å². The van der Waals surface area contributed by atoms with Crippen molar-refractivity contribution in [1.29, 1.82) is 0 Å². The lowest BCUT2D eigenvalue weighted by molar-refractivity contribution is 0.0663. The fraction of sp³-hybridized carbons (Fsp3) is 0.792. The maximum atomic E-state index is 10.7. The van der Waals surface area contributed by atoms with Crippen LogP contribution < -0.4 is 5.32 Å². The van der Waals surface area contributed by atoms with Crippen molar-refractivity contribution in [2.24, 2.45) is 0 Å². The van der Waals surface area contributed by atoms with Crippen molar-refractivity contribution in [2.75, 3.05) is 11.9 Å². The molecule has 0 unspecified atom stereocenters. The molecule has 1 aromatic rings. The van der Waals surface area contributed by atoms with Crippen molar-refractivity contribution in [1.82, 2.24) is 0 Å². The molecular formula is C24H43NO3. The maximum absolute atomic E-state index is 10.7. The van der Waals surface area contributed by atoms with Crippen LogP contribution in [-0.4, -0.2) is 17.6 Å². The molecule has 0 aliphatic rings. The number of hydrogen-bond donors (Lipinski definition) is 2. The Morgan fingerprint density at radius 1 is 0.750 bits per heavy atom. The van der Waals surface area contributed by atoms with Gasteiger partial charge >= 0.3 is 5.97 Å². The third-order valence-electron chi connectivity index (χ3n) is 5.40. The van der Waals surface area contributed by atoms with Crippen LogP contribution in [0.25, 0.3) is 0 Å². The Hall–Kier alpha value is -1.45. The smallest absolute Gasteiger partial charge is 0.371 e. The fourth-order valence-electron chi connectivity index (χ4n) is 3.61. The predicted octanol–water partition coefficient (Wildman–Crippen LogP) is 8.04. The molecular weight excluding hydrogens is 350 g/mol. The third-order valence-corrected chi connectivity index (χ3v) is 5.40. The summed E-state index contributed by atoms with van der Waals surface area (Å²) < 4.78 is 5.17. The lowest BCUT2D eigenvalue weighted by Crippen LogP contribution is -2.00. The summed E-state index contributed by atoms with van der Waals surface area (Å²) in [5, 5.41) is 11.9. The Morgan fingerprint density at radius 2 is 1.18 bits per heavy atom. The van der Waals surface area contributed by atoms with Crippen LogP contribution in [0.15, 0.2) is 16.5 Å². The van der Waals surface area contributed by atoms with Crippen LogP contribution in [0.5, 0.6) is 0 Å². The molecule has 0 spiro atoms. The largest absolute Gasteiger partial charge is 0.475 e. The molecule has 0 aromatic carbocycles. The standard InChI is InChI=1S/C24H43NO3/c1-2-3-4-5-6-7-8-9-10-11-12-13-14-15-16-17-18-21-25-23-20-19-22(28-23)24(26)27/h19-20,25H,2-18,21H2,1H3,(H,26,27). The number of carboxylic acid groups (broad SMARTS) is 1. The van der Waals surface area contributed by atoms with Crippen LogP contribution in [-0.2, 0) is 0 Å². The second-order valence-corrected chi connectivity index (χ2v) is 8.05. The molecule has 1 rings (SSSR count). The van der Waals surface area contributed by atoms with Gasteiger partial charge in [-0.3, -0.25) is 0 Å². The van der Waals surface area contributed by atoms with Crippen LogP contribution in [0.1, 0.15) is 127 Å².